The summed E-state index contributed by atoms with van der Waals surface area (Å²) in [5, 5.41) is 7.13. The molecule has 1 aromatic carbocycles. The molecule has 0 radical (unpaired) electrons. The van der Waals surface area contributed by atoms with Crippen LogP contribution >= 0.6 is 11.6 Å². The van der Waals surface area contributed by atoms with Crippen LogP contribution in [0, 0.1) is 6.92 Å². The Morgan fingerprint density at radius 3 is 2.58 bits per heavy atom. The van der Waals surface area contributed by atoms with Crippen molar-refractivity contribution in [3.05, 3.63) is 35.1 Å². The molecule has 0 bridgehead atoms. The number of aromatic nitrogens is 2. The number of nitrogens with zero attached hydrogens (tertiary/aromatic N) is 3. The number of ether oxygens (including phenoxy) is 1. The molecular formula is C17H24ClN5O. The van der Waals surface area contributed by atoms with E-state index in [2.05, 4.69) is 39.6 Å². The molecule has 7 heteroatoms. The summed E-state index contributed by atoms with van der Waals surface area (Å²) in [4.78, 5) is 11.0. The van der Waals surface area contributed by atoms with Crippen molar-refractivity contribution in [2.45, 2.75) is 13.3 Å². The Morgan fingerprint density at radius 1 is 1.17 bits per heavy atom. The van der Waals surface area contributed by atoms with E-state index in [9.17, 15) is 0 Å². The van der Waals surface area contributed by atoms with Gasteiger partial charge < -0.3 is 20.3 Å². The Morgan fingerprint density at radius 2 is 1.92 bits per heavy atom. The fraction of sp³-hybridized carbons (Fsp3) is 0.412. The van der Waals surface area contributed by atoms with E-state index in [4.69, 9.17) is 16.3 Å². The zero-order valence-corrected chi connectivity index (χ0v) is 15.3. The van der Waals surface area contributed by atoms with Gasteiger partial charge in [-0.15, -0.1) is 0 Å². The van der Waals surface area contributed by atoms with E-state index in [0.29, 0.717) is 16.6 Å². The molecule has 0 aliphatic heterocycles. The Labute approximate surface area is 148 Å². The highest BCUT2D eigenvalue weighted by atomic mass is 35.5. The van der Waals surface area contributed by atoms with Crippen molar-refractivity contribution in [1.29, 1.82) is 0 Å². The molecule has 0 amide bonds. The molecule has 0 fully saturated rings. The Kier molecular flexibility index (Phi) is 6.63. The predicted molar refractivity (Wildman–Crippen MR) is 99.7 cm³/mol. The van der Waals surface area contributed by atoms with E-state index in [1.165, 1.54) is 0 Å². The third kappa shape index (κ3) is 5.54. The first kappa shape index (κ1) is 18.3. The first-order chi connectivity index (χ1) is 11.5. The standard InChI is InChI=1S/C17H24ClN5O/c1-12-20-16(19-8-5-9-23(2)3)11-17(21-12)22-13-6-7-15(24-4)14(18)10-13/h6-7,10-11H,5,8-9H2,1-4H3,(H2,19,20,21,22). The van der Waals surface area contributed by atoms with Gasteiger partial charge in [0.05, 0.1) is 12.1 Å². The van der Waals surface area contributed by atoms with Crippen LogP contribution in [0.4, 0.5) is 17.3 Å². The number of aryl methyl sites for hydroxylation is 1. The first-order valence-electron chi connectivity index (χ1n) is 7.83. The molecule has 6 nitrogen and oxygen atoms in total. The Hall–Kier alpha value is -2.05. The third-order valence-electron chi connectivity index (χ3n) is 3.35. The van der Waals surface area contributed by atoms with E-state index in [1.807, 2.05) is 31.2 Å². The number of benzene rings is 1. The number of halogens is 1. The molecule has 2 aromatic rings. The van der Waals surface area contributed by atoms with Crippen molar-refractivity contribution in [2.75, 3.05) is 44.9 Å². The zero-order valence-electron chi connectivity index (χ0n) is 14.6. The van der Waals surface area contributed by atoms with Gasteiger partial charge >= 0.3 is 0 Å². The number of rotatable bonds is 8. The molecule has 1 heterocycles. The molecule has 24 heavy (non-hydrogen) atoms. The summed E-state index contributed by atoms with van der Waals surface area (Å²) in [7, 11) is 5.73. The van der Waals surface area contributed by atoms with Crippen molar-refractivity contribution >= 4 is 28.9 Å². The van der Waals surface area contributed by atoms with E-state index in [-0.39, 0.29) is 0 Å². The number of hydrogen-bond donors (Lipinski definition) is 2. The quantitative estimate of drug-likeness (QED) is 0.710. The van der Waals surface area contributed by atoms with E-state index >= 15 is 0 Å². The lowest BCUT2D eigenvalue weighted by atomic mass is 10.3. The van der Waals surface area contributed by atoms with Gasteiger partial charge in [0.2, 0.25) is 0 Å². The molecule has 0 saturated carbocycles. The highest BCUT2D eigenvalue weighted by Gasteiger charge is 2.05. The lowest BCUT2D eigenvalue weighted by Crippen LogP contribution is -2.16. The smallest absolute Gasteiger partial charge is 0.137 e. The van der Waals surface area contributed by atoms with Crippen LogP contribution in [0.3, 0.4) is 0 Å². The molecule has 0 atom stereocenters. The van der Waals surface area contributed by atoms with Crippen molar-refractivity contribution < 1.29 is 4.74 Å². The van der Waals surface area contributed by atoms with Gasteiger partial charge in [0.25, 0.3) is 0 Å². The number of hydrogen-bond acceptors (Lipinski definition) is 6. The van der Waals surface area contributed by atoms with E-state index < -0.39 is 0 Å². The monoisotopic (exact) mass is 349 g/mol. The SMILES string of the molecule is COc1ccc(Nc2cc(NCCCN(C)C)nc(C)n2)cc1Cl. The van der Waals surface area contributed by atoms with Gasteiger partial charge in [-0.2, -0.15) is 0 Å². The van der Waals surface area contributed by atoms with Crippen LogP contribution < -0.4 is 15.4 Å². The predicted octanol–water partition coefficient (Wildman–Crippen LogP) is 3.55. The second-order valence-electron chi connectivity index (χ2n) is 5.74. The van der Waals surface area contributed by atoms with E-state index in [0.717, 1.165) is 36.8 Å². The number of nitrogens with one attached hydrogen (secondary N) is 2. The molecule has 2 N–H and O–H groups in total. The molecule has 0 saturated heterocycles. The summed E-state index contributed by atoms with van der Waals surface area (Å²) in [5.74, 6) is 2.88. The molecule has 0 unspecified atom stereocenters. The average molecular weight is 350 g/mol. The second-order valence-corrected chi connectivity index (χ2v) is 6.15. The fourth-order valence-electron chi connectivity index (χ4n) is 2.23. The number of anilines is 3. The first-order valence-corrected chi connectivity index (χ1v) is 8.20. The zero-order chi connectivity index (χ0) is 17.5. The van der Waals surface area contributed by atoms with Crippen LogP contribution in [-0.2, 0) is 0 Å². The summed E-state index contributed by atoms with van der Waals surface area (Å²) in [6.07, 6.45) is 1.05. The summed E-state index contributed by atoms with van der Waals surface area (Å²) in [6, 6.07) is 7.41. The van der Waals surface area contributed by atoms with Crippen molar-refractivity contribution in [3.8, 4) is 5.75 Å². The van der Waals surface area contributed by atoms with Crippen LogP contribution in [0.25, 0.3) is 0 Å². The summed E-state index contributed by atoms with van der Waals surface area (Å²) < 4.78 is 5.16. The molecule has 0 aliphatic rings. The van der Waals surface area contributed by atoms with Gasteiger partial charge in [0, 0.05) is 18.3 Å². The van der Waals surface area contributed by atoms with Crippen LogP contribution in [-0.4, -0.2) is 49.2 Å². The Bertz CT molecular complexity index is 678. The summed E-state index contributed by atoms with van der Waals surface area (Å²) in [6.45, 7) is 3.77. The normalized spacial score (nSPS) is 10.8. The van der Waals surface area contributed by atoms with Gasteiger partial charge in [0.1, 0.15) is 23.2 Å². The second kappa shape index (κ2) is 8.70. The highest BCUT2D eigenvalue weighted by Crippen LogP contribution is 2.28. The average Bonchev–Trinajstić information content (AvgIpc) is 2.51. The third-order valence-corrected chi connectivity index (χ3v) is 3.65. The van der Waals surface area contributed by atoms with Crippen LogP contribution in [0.1, 0.15) is 12.2 Å². The number of methoxy groups -OCH3 is 1. The molecule has 0 aliphatic carbocycles. The van der Waals surface area contributed by atoms with Crippen molar-refractivity contribution in [1.82, 2.24) is 14.9 Å². The van der Waals surface area contributed by atoms with Gasteiger partial charge in [-0.3, -0.25) is 0 Å². The molecular weight excluding hydrogens is 326 g/mol. The molecule has 1 aromatic heterocycles. The van der Waals surface area contributed by atoms with Crippen LogP contribution in [0.2, 0.25) is 5.02 Å². The lowest BCUT2D eigenvalue weighted by molar-refractivity contribution is 0.405. The minimum Gasteiger partial charge on any atom is -0.495 e. The Balaban J connectivity index is 2.03. The topological polar surface area (TPSA) is 62.3 Å². The maximum absolute atomic E-state index is 6.15. The minimum absolute atomic E-state index is 0.551. The maximum atomic E-state index is 6.15. The van der Waals surface area contributed by atoms with Gasteiger partial charge in [-0.1, -0.05) is 11.6 Å². The van der Waals surface area contributed by atoms with Crippen LogP contribution in [0.5, 0.6) is 5.75 Å². The molecule has 0 spiro atoms. The minimum atomic E-state index is 0.551. The van der Waals surface area contributed by atoms with Gasteiger partial charge in [-0.25, -0.2) is 9.97 Å². The summed E-state index contributed by atoms with van der Waals surface area (Å²) >= 11 is 6.15. The lowest BCUT2D eigenvalue weighted by Gasteiger charge is -2.12. The van der Waals surface area contributed by atoms with Gasteiger partial charge in [0.15, 0.2) is 0 Å². The highest BCUT2D eigenvalue weighted by molar-refractivity contribution is 6.32. The summed E-state index contributed by atoms with van der Waals surface area (Å²) in [5.41, 5.74) is 0.845. The fourth-order valence-corrected chi connectivity index (χ4v) is 2.48. The molecule has 2 rings (SSSR count). The molecule has 130 valence electrons. The van der Waals surface area contributed by atoms with Gasteiger partial charge in [-0.05, 0) is 52.2 Å². The van der Waals surface area contributed by atoms with Crippen molar-refractivity contribution in [3.63, 3.8) is 0 Å². The van der Waals surface area contributed by atoms with Crippen LogP contribution in [0.15, 0.2) is 24.3 Å². The van der Waals surface area contributed by atoms with E-state index in [1.54, 1.807) is 7.11 Å². The van der Waals surface area contributed by atoms with Crippen molar-refractivity contribution in [2.24, 2.45) is 0 Å². The maximum Gasteiger partial charge on any atom is 0.137 e. The largest absolute Gasteiger partial charge is 0.495 e.